The largest absolute Gasteiger partial charge is 0.496 e. The molecule has 0 aliphatic heterocycles. The summed E-state index contributed by atoms with van der Waals surface area (Å²) in [6.45, 7) is 0. The van der Waals surface area contributed by atoms with Crippen LogP contribution in [-0.4, -0.2) is 26.4 Å². The lowest BCUT2D eigenvalue weighted by atomic mass is 10.2. The Kier molecular flexibility index (Phi) is 3.83. The molecule has 0 heterocycles. The summed E-state index contributed by atoms with van der Waals surface area (Å²) in [6.07, 6.45) is 1.90. The minimum atomic E-state index is -0.369. The lowest BCUT2D eigenvalue weighted by Gasteiger charge is -2.09. The summed E-state index contributed by atoms with van der Waals surface area (Å²) in [7, 11) is 2.89. The molecule has 1 rings (SSSR count). The average Bonchev–Trinajstić information content (AvgIpc) is 2.26. The highest BCUT2D eigenvalue weighted by Crippen LogP contribution is 2.29. The van der Waals surface area contributed by atoms with Crippen LogP contribution in [0.3, 0.4) is 0 Å². The van der Waals surface area contributed by atoms with Crippen molar-refractivity contribution in [1.29, 1.82) is 0 Å². The first-order chi connectivity index (χ1) is 6.74. The molecule has 3 nitrogen and oxygen atoms in total. The number of carbonyl (C=O) groups excluding carboxylic acids is 1. The van der Waals surface area contributed by atoms with Crippen molar-refractivity contribution >= 4 is 17.7 Å². The minimum absolute atomic E-state index is 0.369. The third-order valence-corrected chi connectivity index (χ3v) is 2.60. The van der Waals surface area contributed by atoms with E-state index in [0.29, 0.717) is 11.3 Å². The molecular formula is C10H12O3S. The van der Waals surface area contributed by atoms with Crippen LogP contribution in [0.1, 0.15) is 10.4 Å². The minimum Gasteiger partial charge on any atom is -0.496 e. The first-order valence-corrected chi connectivity index (χ1v) is 5.26. The molecule has 0 N–H and O–H groups in total. The van der Waals surface area contributed by atoms with Gasteiger partial charge in [-0.2, -0.15) is 0 Å². The van der Waals surface area contributed by atoms with Crippen molar-refractivity contribution in [3.63, 3.8) is 0 Å². The van der Waals surface area contributed by atoms with E-state index in [0.717, 1.165) is 4.90 Å². The van der Waals surface area contributed by atoms with Gasteiger partial charge in [0.05, 0.1) is 14.2 Å². The summed E-state index contributed by atoms with van der Waals surface area (Å²) in [4.78, 5) is 12.3. The molecule has 0 aliphatic carbocycles. The van der Waals surface area contributed by atoms with Crippen LogP contribution in [0, 0.1) is 0 Å². The van der Waals surface area contributed by atoms with E-state index >= 15 is 0 Å². The van der Waals surface area contributed by atoms with Crippen molar-refractivity contribution in [1.82, 2.24) is 0 Å². The number of benzene rings is 1. The summed E-state index contributed by atoms with van der Waals surface area (Å²) < 4.78 is 9.79. The second-order valence-electron chi connectivity index (χ2n) is 2.53. The van der Waals surface area contributed by atoms with Gasteiger partial charge in [-0.15, -0.1) is 11.8 Å². The highest BCUT2D eigenvalue weighted by Gasteiger charge is 2.16. The maximum Gasteiger partial charge on any atom is 0.342 e. The normalized spacial score (nSPS) is 9.64. The molecule has 14 heavy (non-hydrogen) atoms. The van der Waals surface area contributed by atoms with Gasteiger partial charge in [0.15, 0.2) is 0 Å². The van der Waals surface area contributed by atoms with Crippen LogP contribution in [0.4, 0.5) is 0 Å². The van der Waals surface area contributed by atoms with Crippen LogP contribution in [0.2, 0.25) is 0 Å². The van der Waals surface area contributed by atoms with Crippen molar-refractivity contribution in [3.8, 4) is 5.75 Å². The molecule has 0 atom stereocenters. The van der Waals surface area contributed by atoms with Gasteiger partial charge in [-0.1, -0.05) is 6.07 Å². The molecule has 0 saturated carbocycles. The summed E-state index contributed by atoms with van der Waals surface area (Å²) in [5.41, 5.74) is 0.491. The Morgan fingerprint density at radius 1 is 1.36 bits per heavy atom. The van der Waals surface area contributed by atoms with Crippen molar-refractivity contribution < 1.29 is 14.3 Å². The second kappa shape index (κ2) is 4.91. The maximum absolute atomic E-state index is 11.5. The third-order valence-electron chi connectivity index (χ3n) is 1.82. The molecule has 0 bridgehead atoms. The Labute approximate surface area is 87.4 Å². The first-order valence-electron chi connectivity index (χ1n) is 4.04. The molecule has 0 unspecified atom stereocenters. The second-order valence-corrected chi connectivity index (χ2v) is 3.38. The zero-order valence-corrected chi connectivity index (χ0v) is 9.18. The van der Waals surface area contributed by atoms with Gasteiger partial charge in [-0.25, -0.2) is 4.79 Å². The van der Waals surface area contributed by atoms with Crippen LogP contribution in [-0.2, 0) is 4.74 Å². The maximum atomic E-state index is 11.5. The van der Waals surface area contributed by atoms with Gasteiger partial charge < -0.3 is 9.47 Å². The van der Waals surface area contributed by atoms with E-state index in [4.69, 9.17) is 4.74 Å². The predicted molar refractivity (Wildman–Crippen MR) is 56.1 cm³/mol. The van der Waals surface area contributed by atoms with Gasteiger partial charge in [0, 0.05) is 4.90 Å². The van der Waals surface area contributed by atoms with Crippen LogP contribution in [0.15, 0.2) is 23.1 Å². The van der Waals surface area contributed by atoms with Gasteiger partial charge in [0.2, 0.25) is 0 Å². The fraction of sp³-hybridized carbons (Fsp3) is 0.300. The molecular weight excluding hydrogens is 200 g/mol. The summed E-state index contributed by atoms with van der Waals surface area (Å²) in [5, 5.41) is 0. The van der Waals surface area contributed by atoms with E-state index in [9.17, 15) is 4.79 Å². The molecule has 1 aromatic carbocycles. The van der Waals surface area contributed by atoms with E-state index in [2.05, 4.69) is 4.74 Å². The molecule has 0 saturated heterocycles. The fourth-order valence-corrected chi connectivity index (χ4v) is 1.76. The van der Waals surface area contributed by atoms with Crippen LogP contribution >= 0.6 is 11.8 Å². The molecule has 1 aromatic rings. The zero-order chi connectivity index (χ0) is 10.6. The lowest BCUT2D eigenvalue weighted by molar-refractivity contribution is 0.0593. The monoisotopic (exact) mass is 212 g/mol. The highest BCUT2D eigenvalue weighted by atomic mass is 32.2. The van der Waals surface area contributed by atoms with E-state index in [1.165, 1.54) is 26.0 Å². The third kappa shape index (κ3) is 2.01. The van der Waals surface area contributed by atoms with Crippen LogP contribution < -0.4 is 4.74 Å². The lowest BCUT2D eigenvalue weighted by Crippen LogP contribution is -2.05. The number of methoxy groups -OCH3 is 2. The van der Waals surface area contributed by atoms with E-state index in [-0.39, 0.29) is 5.97 Å². The average molecular weight is 212 g/mol. The number of ether oxygens (including phenoxy) is 2. The summed E-state index contributed by atoms with van der Waals surface area (Å²) in [6, 6.07) is 5.45. The molecule has 0 spiro atoms. The van der Waals surface area contributed by atoms with Gasteiger partial charge >= 0.3 is 5.97 Å². The van der Waals surface area contributed by atoms with E-state index < -0.39 is 0 Å². The number of thioether (sulfide) groups is 1. The van der Waals surface area contributed by atoms with Gasteiger partial charge in [-0.3, -0.25) is 0 Å². The van der Waals surface area contributed by atoms with E-state index in [1.54, 1.807) is 6.07 Å². The molecule has 0 aliphatic rings. The Bertz CT molecular complexity index is 314. The Hall–Kier alpha value is -1.16. The number of hydrogen-bond acceptors (Lipinski definition) is 4. The van der Waals surface area contributed by atoms with Crippen molar-refractivity contribution in [2.45, 2.75) is 4.90 Å². The number of esters is 1. The summed E-state index contributed by atoms with van der Waals surface area (Å²) >= 11 is 1.49. The molecule has 0 amide bonds. The Balaban J connectivity index is 3.25. The molecule has 0 aromatic heterocycles. The van der Waals surface area contributed by atoms with Gasteiger partial charge in [0.25, 0.3) is 0 Å². The Morgan fingerprint density at radius 2 is 2.07 bits per heavy atom. The number of hydrogen-bond donors (Lipinski definition) is 0. The van der Waals surface area contributed by atoms with Crippen molar-refractivity contribution in [3.05, 3.63) is 23.8 Å². The summed E-state index contributed by atoms with van der Waals surface area (Å²) in [5.74, 6) is 0.176. The SMILES string of the molecule is COC(=O)c1c(OC)cccc1SC. The fourth-order valence-electron chi connectivity index (χ4n) is 1.15. The predicted octanol–water partition coefficient (Wildman–Crippen LogP) is 2.20. The topological polar surface area (TPSA) is 35.5 Å². The smallest absolute Gasteiger partial charge is 0.342 e. The first kappa shape index (κ1) is 10.9. The van der Waals surface area contributed by atoms with E-state index in [1.807, 2.05) is 18.4 Å². The van der Waals surface area contributed by atoms with Crippen LogP contribution in [0.25, 0.3) is 0 Å². The van der Waals surface area contributed by atoms with Crippen molar-refractivity contribution in [2.24, 2.45) is 0 Å². The highest BCUT2D eigenvalue weighted by molar-refractivity contribution is 7.98. The molecule has 4 heteroatoms. The Morgan fingerprint density at radius 3 is 2.57 bits per heavy atom. The molecule has 0 radical (unpaired) electrons. The standard InChI is InChI=1S/C10H12O3S/c1-12-7-5-4-6-8(14-3)9(7)10(11)13-2/h4-6H,1-3H3. The number of carbonyl (C=O) groups is 1. The molecule has 0 fully saturated rings. The van der Waals surface area contributed by atoms with Crippen molar-refractivity contribution in [2.75, 3.05) is 20.5 Å². The van der Waals surface area contributed by atoms with Crippen LogP contribution in [0.5, 0.6) is 5.75 Å². The zero-order valence-electron chi connectivity index (χ0n) is 8.37. The quantitative estimate of drug-likeness (QED) is 0.568. The van der Waals surface area contributed by atoms with Gasteiger partial charge in [-0.05, 0) is 18.4 Å². The van der Waals surface area contributed by atoms with Gasteiger partial charge in [0.1, 0.15) is 11.3 Å². The number of rotatable bonds is 3. The molecule has 76 valence electrons.